The van der Waals surface area contributed by atoms with Gasteiger partial charge in [0, 0.05) is 13.1 Å². The zero-order chi connectivity index (χ0) is 18.5. The maximum Gasteiger partial charge on any atom is 0.287 e. The smallest absolute Gasteiger partial charge is 0.287 e. The van der Waals surface area contributed by atoms with E-state index in [0.29, 0.717) is 11.3 Å². The highest BCUT2D eigenvalue weighted by Gasteiger charge is 2.16. The van der Waals surface area contributed by atoms with Crippen molar-refractivity contribution in [2.75, 3.05) is 13.1 Å². The zero-order valence-electron chi connectivity index (χ0n) is 14.0. The number of para-hydroxylation sites is 1. The molecule has 3 rings (SSSR count). The third-order valence-corrected chi connectivity index (χ3v) is 3.78. The van der Waals surface area contributed by atoms with Gasteiger partial charge >= 0.3 is 0 Å². The van der Waals surface area contributed by atoms with Crippen LogP contribution in [0.4, 0.5) is 4.39 Å². The predicted octanol–water partition coefficient (Wildman–Crippen LogP) is 2.07. The molecule has 8 heteroatoms. The van der Waals surface area contributed by atoms with Gasteiger partial charge in [-0.2, -0.15) is 5.10 Å². The fourth-order valence-electron chi connectivity index (χ4n) is 2.44. The van der Waals surface area contributed by atoms with Crippen molar-refractivity contribution in [1.82, 2.24) is 20.4 Å². The number of nitrogens with one attached hydrogen (secondary N) is 2. The van der Waals surface area contributed by atoms with Crippen LogP contribution in [0.3, 0.4) is 0 Å². The molecule has 7 nitrogen and oxygen atoms in total. The standard InChI is InChI=1S/C18H17FN4O3/c1-12-13(11-22-23(12)15-6-3-2-5-14(15)19)17(24)20-8-9-21-18(25)16-7-4-10-26-16/h2-7,10-11H,8-9H2,1H3,(H,20,24)(H,21,25). The summed E-state index contributed by atoms with van der Waals surface area (Å²) in [5, 5.41) is 9.41. The minimum Gasteiger partial charge on any atom is -0.459 e. The molecule has 0 unspecified atom stereocenters. The van der Waals surface area contributed by atoms with Gasteiger partial charge in [-0.1, -0.05) is 12.1 Å². The molecule has 134 valence electrons. The third-order valence-electron chi connectivity index (χ3n) is 3.78. The van der Waals surface area contributed by atoms with E-state index in [2.05, 4.69) is 15.7 Å². The van der Waals surface area contributed by atoms with Crippen LogP contribution in [-0.2, 0) is 0 Å². The number of rotatable bonds is 6. The largest absolute Gasteiger partial charge is 0.459 e. The number of furan rings is 1. The van der Waals surface area contributed by atoms with Crippen molar-refractivity contribution in [2.45, 2.75) is 6.92 Å². The van der Waals surface area contributed by atoms with Gasteiger partial charge in [0.1, 0.15) is 11.5 Å². The molecule has 0 atom stereocenters. The van der Waals surface area contributed by atoms with Crippen molar-refractivity contribution >= 4 is 11.8 Å². The first-order valence-corrected chi connectivity index (χ1v) is 7.97. The number of hydrogen-bond donors (Lipinski definition) is 2. The lowest BCUT2D eigenvalue weighted by molar-refractivity contribution is 0.0910. The van der Waals surface area contributed by atoms with Gasteiger partial charge in [0.15, 0.2) is 5.76 Å². The van der Waals surface area contributed by atoms with Crippen molar-refractivity contribution in [3.63, 3.8) is 0 Å². The average Bonchev–Trinajstić information content (AvgIpc) is 3.29. The molecule has 0 saturated carbocycles. The normalized spacial score (nSPS) is 10.5. The molecule has 0 bridgehead atoms. The van der Waals surface area contributed by atoms with E-state index in [4.69, 9.17) is 4.42 Å². The minimum absolute atomic E-state index is 0.207. The molecule has 1 aromatic carbocycles. The number of amides is 2. The van der Waals surface area contributed by atoms with Gasteiger partial charge in [0.05, 0.1) is 23.7 Å². The lowest BCUT2D eigenvalue weighted by Crippen LogP contribution is -2.34. The number of benzene rings is 1. The average molecular weight is 356 g/mol. The Hall–Kier alpha value is -3.42. The summed E-state index contributed by atoms with van der Waals surface area (Å²) >= 11 is 0. The van der Waals surface area contributed by atoms with E-state index in [1.165, 1.54) is 23.2 Å². The van der Waals surface area contributed by atoms with Crippen LogP contribution < -0.4 is 10.6 Å². The van der Waals surface area contributed by atoms with E-state index >= 15 is 0 Å². The second kappa shape index (κ2) is 7.64. The van der Waals surface area contributed by atoms with Gasteiger partial charge in [-0.15, -0.1) is 0 Å². The van der Waals surface area contributed by atoms with E-state index in [9.17, 15) is 14.0 Å². The molecule has 26 heavy (non-hydrogen) atoms. The summed E-state index contributed by atoms with van der Waals surface area (Å²) in [6, 6.07) is 9.36. The molecule has 2 heterocycles. The fourth-order valence-corrected chi connectivity index (χ4v) is 2.44. The van der Waals surface area contributed by atoms with Gasteiger partial charge < -0.3 is 15.1 Å². The van der Waals surface area contributed by atoms with E-state index < -0.39 is 5.82 Å². The van der Waals surface area contributed by atoms with Gasteiger partial charge in [-0.05, 0) is 31.2 Å². The van der Waals surface area contributed by atoms with Crippen LogP contribution in [-0.4, -0.2) is 34.7 Å². The van der Waals surface area contributed by atoms with Gasteiger partial charge in [0.2, 0.25) is 0 Å². The van der Waals surface area contributed by atoms with Crippen LogP contribution in [0, 0.1) is 12.7 Å². The molecular formula is C18H17FN4O3. The second-order valence-electron chi connectivity index (χ2n) is 5.50. The van der Waals surface area contributed by atoms with E-state index in [-0.39, 0.29) is 36.4 Å². The van der Waals surface area contributed by atoms with E-state index in [0.717, 1.165) is 0 Å². The molecule has 0 aliphatic heterocycles. The van der Waals surface area contributed by atoms with Crippen molar-refractivity contribution in [3.05, 3.63) is 71.7 Å². The maximum atomic E-state index is 13.9. The van der Waals surface area contributed by atoms with Crippen molar-refractivity contribution in [2.24, 2.45) is 0 Å². The summed E-state index contributed by atoms with van der Waals surface area (Å²) in [5.74, 6) is -0.922. The molecule has 0 spiro atoms. The minimum atomic E-state index is -0.425. The lowest BCUT2D eigenvalue weighted by atomic mass is 10.2. The summed E-state index contributed by atoms with van der Waals surface area (Å²) in [4.78, 5) is 24.0. The van der Waals surface area contributed by atoms with Crippen molar-refractivity contribution in [3.8, 4) is 5.69 Å². The summed E-state index contributed by atoms with van der Waals surface area (Å²) in [5.41, 5.74) is 1.13. The molecule has 3 aromatic rings. The molecule has 0 aliphatic carbocycles. The lowest BCUT2D eigenvalue weighted by Gasteiger charge is -2.08. The van der Waals surface area contributed by atoms with Gasteiger partial charge in [0.25, 0.3) is 11.8 Å². The molecule has 0 radical (unpaired) electrons. The van der Waals surface area contributed by atoms with E-state index in [1.807, 2.05) is 0 Å². The number of aromatic nitrogens is 2. The predicted molar refractivity (Wildman–Crippen MR) is 91.6 cm³/mol. The van der Waals surface area contributed by atoms with Gasteiger partial charge in [-0.25, -0.2) is 9.07 Å². The first kappa shape index (κ1) is 17.4. The van der Waals surface area contributed by atoms with Crippen LogP contribution in [0.1, 0.15) is 26.6 Å². The zero-order valence-corrected chi connectivity index (χ0v) is 14.0. The Morgan fingerprint density at radius 1 is 1.12 bits per heavy atom. The highest BCUT2D eigenvalue weighted by molar-refractivity contribution is 5.95. The Bertz CT molecular complexity index is 918. The first-order chi connectivity index (χ1) is 12.6. The quantitative estimate of drug-likeness (QED) is 0.662. The number of carbonyl (C=O) groups excluding carboxylic acids is 2. The van der Waals surface area contributed by atoms with Crippen LogP contribution in [0.15, 0.2) is 53.3 Å². The monoisotopic (exact) mass is 356 g/mol. The SMILES string of the molecule is Cc1c(C(=O)NCCNC(=O)c2ccco2)cnn1-c1ccccc1F. The Balaban J connectivity index is 1.57. The molecule has 0 aliphatic rings. The van der Waals surface area contributed by atoms with Crippen molar-refractivity contribution < 1.29 is 18.4 Å². The number of hydrogen-bond acceptors (Lipinski definition) is 4. The number of halogens is 1. The summed E-state index contributed by atoms with van der Waals surface area (Å²) in [6.45, 7) is 2.16. The molecule has 0 saturated heterocycles. The highest BCUT2D eigenvalue weighted by atomic mass is 19.1. The van der Waals surface area contributed by atoms with Crippen LogP contribution >= 0.6 is 0 Å². The molecule has 2 amide bonds. The topological polar surface area (TPSA) is 89.2 Å². The van der Waals surface area contributed by atoms with E-state index in [1.54, 1.807) is 37.3 Å². The molecule has 2 aromatic heterocycles. The third kappa shape index (κ3) is 3.64. The summed E-state index contributed by atoms with van der Waals surface area (Å²) in [6.07, 6.45) is 2.80. The van der Waals surface area contributed by atoms with Crippen molar-refractivity contribution in [1.29, 1.82) is 0 Å². The number of carbonyl (C=O) groups is 2. The highest BCUT2D eigenvalue weighted by Crippen LogP contribution is 2.16. The van der Waals surface area contributed by atoms with Gasteiger partial charge in [-0.3, -0.25) is 9.59 Å². The Morgan fingerprint density at radius 3 is 2.54 bits per heavy atom. The summed E-state index contributed by atoms with van der Waals surface area (Å²) in [7, 11) is 0. The Morgan fingerprint density at radius 2 is 1.85 bits per heavy atom. The Labute approximate surface area is 148 Å². The maximum absolute atomic E-state index is 13.9. The molecule has 0 fully saturated rings. The Kier molecular flexibility index (Phi) is 5.12. The van der Waals surface area contributed by atoms with Crippen LogP contribution in [0.2, 0.25) is 0 Å². The second-order valence-corrected chi connectivity index (χ2v) is 5.50. The van der Waals surface area contributed by atoms with Crippen LogP contribution in [0.25, 0.3) is 5.69 Å². The molecular weight excluding hydrogens is 339 g/mol. The number of nitrogens with zero attached hydrogens (tertiary/aromatic N) is 2. The summed E-state index contributed by atoms with van der Waals surface area (Å²) < 4.78 is 20.2. The molecule has 2 N–H and O–H groups in total. The van der Waals surface area contributed by atoms with Crippen LogP contribution in [0.5, 0.6) is 0 Å². The first-order valence-electron chi connectivity index (χ1n) is 7.97. The fraction of sp³-hybridized carbons (Fsp3) is 0.167.